The molecule has 0 aliphatic carbocycles. The summed E-state index contributed by atoms with van der Waals surface area (Å²) < 4.78 is 0. The van der Waals surface area contributed by atoms with Crippen LogP contribution in [0.5, 0.6) is 5.75 Å². The number of aliphatic imine (C=N–C) groups is 2. The number of amides is 7. The maximum Gasteiger partial charge on any atom is 0.226 e. The van der Waals surface area contributed by atoms with E-state index in [0.29, 0.717) is 12.0 Å². The molecule has 454 valence electrons. The number of nitrogens with zero attached hydrogens (tertiary/aromatic N) is 2. The Kier molecular flexibility index (Phi) is 32.4. The number of benzene rings is 1. The van der Waals surface area contributed by atoms with Crippen molar-refractivity contribution < 1.29 is 63.0 Å². The number of carbonyl (C=O) groups excluding carboxylic acids is 11. The number of carbonyl (C=O) groups is 11. The average molecular weight is 1140 g/mol. The fraction of sp³-hybridized carbons (Fsp3) is 0.655. The first kappa shape index (κ1) is 71.5. The van der Waals surface area contributed by atoms with Crippen LogP contribution in [-0.2, 0) is 59.2 Å². The molecule has 0 aliphatic heterocycles. The molecule has 0 fully saturated rings. The minimum atomic E-state index is -1.52. The number of hydrogen-bond acceptors (Lipinski definition) is 15. The summed E-state index contributed by atoms with van der Waals surface area (Å²) >= 11 is 0. The van der Waals surface area contributed by atoms with E-state index in [1.807, 2.05) is 27.7 Å². The highest BCUT2D eigenvalue weighted by Crippen LogP contribution is 2.23. The predicted octanol–water partition coefficient (Wildman–Crippen LogP) is -0.572. The Morgan fingerprint density at radius 2 is 0.889 bits per heavy atom. The number of nitrogens with two attached hydrogens (primary N) is 7. The molecule has 0 unspecified atom stereocenters. The lowest BCUT2D eigenvalue weighted by Crippen LogP contribution is -2.49. The molecule has 20 N–H and O–H groups in total. The van der Waals surface area contributed by atoms with Gasteiger partial charge in [0.15, 0.2) is 35.1 Å². The lowest BCUT2D eigenvalue weighted by molar-refractivity contribution is -0.136. The van der Waals surface area contributed by atoms with Gasteiger partial charge in [0, 0.05) is 75.3 Å². The smallest absolute Gasteiger partial charge is 0.226 e. The third-order valence-electron chi connectivity index (χ3n) is 13.6. The topological polar surface area (TPSA) is 483 Å². The average Bonchev–Trinajstić information content (AvgIpc) is 3.37. The standard InChI is InChI=1S/C55H91N13O13/c1-29(2)22-36(49(58)77)27-46(74)42(23-30(3)4)68-50(78)31(5)24-43(71)39(10-8-20-63-54(59)60)66-53(81)37(25-34-12-15-38(70)16-13-34)28-45(73)41(17-19-48(57)76)67-52(80)35(14-18-47(56)75)26-44(72)40(11-9-21-64-55(61)62)65-51(79)32(6)33(7)69/h12-13,15-16,29-33,35-37,39-42,69-70H,8-11,14,17-28H2,1-7H3,(H2,56,75)(H2,57,76)(H2,58,77)(H,65,79)(H,66,81)(H,67,80)(H,68,78)(H4,59,60,63)(H4,61,62,64)/t31-,32+,33-,35-,36-,37-,39+,40+,41+,42+/m1/s1. The fourth-order valence-electron chi connectivity index (χ4n) is 8.77. The Hall–Kier alpha value is -7.51. The number of aliphatic hydroxyl groups is 1. The van der Waals surface area contributed by atoms with Gasteiger partial charge in [0.1, 0.15) is 5.75 Å². The van der Waals surface area contributed by atoms with Crippen LogP contribution >= 0.6 is 0 Å². The van der Waals surface area contributed by atoms with Crippen molar-refractivity contribution in [1.29, 1.82) is 0 Å². The van der Waals surface area contributed by atoms with Crippen molar-refractivity contribution in [3.63, 3.8) is 0 Å². The molecule has 26 nitrogen and oxygen atoms in total. The second kappa shape index (κ2) is 36.7. The molecule has 0 heterocycles. The maximum atomic E-state index is 14.6. The number of Topliss-reactive ketones (excluding diaryl/α,β-unsaturated/α-hetero) is 4. The highest BCUT2D eigenvalue weighted by Gasteiger charge is 2.36. The van der Waals surface area contributed by atoms with Crippen molar-refractivity contribution in [1.82, 2.24) is 21.3 Å². The molecular formula is C55H91N13O13. The number of phenols is 1. The fourth-order valence-corrected chi connectivity index (χ4v) is 8.77. The first-order valence-corrected chi connectivity index (χ1v) is 27.6. The third-order valence-corrected chi connectivity index (χ3v) is 13.6. The number of guanidine groups is 2. The van der Waals surface area contributed by atoms with E-state index in [9.17, 15) is 63.0 Å². The number of hydrogen-bond donors (Lipinski definition) is 13. The summed E-state index contributed by atoms with van der Waals surface area (Å²) in [7, 11) is 0. The van der Waals surface area contributed by atoms with E-state index in [2.05, 4.69) is 31.3 Å². The molecule has 10 atom stereocenters. The van der Waals surface area contributed by atoms with Gasteiger partial charge in [-0.1, -0.05) is 53.7 Å². The molecule has 0 spiro atoms. The van der Waals surface area contributed by atoms with Crippen molar-refractivity contribution in [3.05, 3.63) is 29.8 Å². The molecule has 0 radical (unpaired) electrons. The predicted molar refractivity (Wildman–Crippen MR) is 303 cm³/mol. The van der Waals surface area contributed by atoms with E-state index in [1.165, 1.54) is 45.0 Å². The zero-order chi connectivity index (χ0) is 61.7. The summed E-state index contributed by atoms with van der Waals surface area (Å²) in [6.45, 7) is 11.9. The van der Waals surface area contributed by atoms with E-state index in [4.69, 9.17) is 40.1 Å². The molecule has 1 rings (SSSR count). The number of ketones is 4. The summed E-state index contributed by atoms with van der Waals surface area (Å²) in [6, 6.07) is 0.696. The van der Waals surface area contributed by atoms with Gasteiger partial charge >= 0.3 is 0 Å². The molecule has 0 aliphatic rings. The number of nitrogens with one attached hydrogen (secondary N) is 4. The molecule has 1 aromatic rings. The van der Waals surface area contributed by atoms with Gasteiger partial charge in [0.25, 0.3) is 0 Å². The zero-order valence-electron chi connectivity index (χ0n) is 48.1. The number of aliphatic hydroxyl groups excluding tert-OH is 1. The van der Waals surface area contributed by atoms with E-state index in [0.717, 1.165) is 0 Å². The highest BCUT2D eigenvalue weighted by atomic mass is 16.3. The minimum absolute atomic E-state index is 0.000253. The van der Waals surface area contributed by atoms with Gasteiger partial charge in [0.05, 0.1) is 36.2 Å². The monoisotopic (exact) mass is 1140 g/mol. The number of aromatic hydroxyl groups is 1. The first-order valence-electron chi connectivity index (χ1n) is 27.6. The van der Waals surface area contributed by atoms with Crippen molar-refractivity contribution in [2.45, 2.75) is 175 Å². The summed E-state index contributed by atoms with van der Waals surface area (Å²) in [5.74, 6) is -13.7. The van der Waals surface area contributed by atoms with E-state index in [-0.39, 0.29) is 107 Å². The molecule has 0 saturated heterocycles. The Balaban J connectivity index is 3.70. The summed E-state index contributed by atoms with van der Waals surface area (Å²) in [5.41, 5.74) is 39.0. The van der Waals surface area contributed by atoms with Crippen LogP contribution in [0.1, 0.15) is 144 Å². The Morgan fingerprint density at radius 3 is 1.35 bits per heavy atom. The van der Waals surface area contributed by atoms with Gasteiger partial charge in [-0.3, -0.25) is 62.7 Å². The van der Waals surface area contributed by atoms with Crippen LogP contribution in [0.25, 0.3) is 0 Å². The van der Waals surface area contributed by atoms with Gasteiger partial charge in [-0.2, -0.15) is 0 Å². The summed E-state index contributed by atoms with van der Waals surface area (Å²) in [6.07, 6.45) is -3.63. The molecule has 7 amide bonds. The van der Waals surface area contributed by atoms with Gasteiger partial charge in [0.2, 0.25) is 41.4 Å². The van der Waals surface area contributed by atoms with E-state index >= 15 is 0 Å². The Bertz CT molecular complexity index is 2350. The Morgan fingerprint density at radius 1 is 0.481 bits per heavy atom. The highest BCUT2D eigenvalue weighted by molar-refractivity contribution is 5.98. The minimum Gasteiger partial charge on any atom is -0.508 e. The van der Waals surface area contributed by atoms with Gasteiger partial charge < -0.3 is 71.6 Å². The molecule has 26 heteroatoms. The third kappa shape index (κ3) is 29.5. The second-order valence-corrected chi connectivity index (χ2v) is 21.9. The van der Waals surface area contributed by atoms with Gasteiger partial charge in [-0.25, -0.2) is 0 Å². The Labute approximate surface area is 474 Å². The van der Waals surface area contributed by atoms with Crippen molar-refractivity contribution >= 4 is 76.4 Å². The molecular weight excluding hydrogens is 1050 g/mol. The molecule has 0 aromatic heterocycles. The first-order chi connectivity index (χ1) is 37.8. The zero-order valence-corrected chi connectivity index (χ0v) is 48.1. The van der Waals surface area contributed by atoms with Crippen LogP contribution in [-0.4, -0.2) is 130 Å². The maximum absolute atomic E-state index is 14.6. The van der Waals surface area contributed by atoms with Crippen LogP contribution in [0.15, 0.2) is 34.3 Å². The normalized spacial score (nSPS) is 14.9. The van der Waals surface area contributed by atoms with Gasteiger partial charge in [-0.05, 0) is 94.2 Å². The largest absolute Gasteiger partial charge is 0.508 e. The summed E-state index contributed by atoms with van der Waals surface area (Å²) in [4.78, 5) is 156. The lowest BCUT2D eigenvalue weighted by atomic mass is 9.87. The second-order valence-electron chi connectivity index (χ2n) is 21.9. The van der Waals surface area contributed by atoms with Crippen molar-refractivity contribution in [2.24, 2.45) is 91.5 Å². The van der Waals surface area contributed by atoms with Gasteiger partial charge in [-0.15, -0.1) is 0 Å². The molecule has 0 bridgehead atoms. The van der Waals surface area contributed by atoms with Crippen molar-refractivity contribution in [3.8, 4) is 5.75 Å². The molecule has 0 saturated carbocycles. The van der Waals surface area contributed by atoms with Crippen LogP contribution in [0.3, 0.4) is 0 Å². The number of phenolic OH excluding ortho intramolecular Hbond substituents is 1. The quantitative estimate of drug-likeness (QED) is 0.0221. The molecule has 1 aromatic carbocycles. The number of primary amides is 3. The lowest BCUT2D eigenvalue weighted by Gasteiger charge is -2.26. The SMILES string of the molecule is CC(C)C[C@H](CC(=O)[C@H](CC(C)C)NC(=O)[C@H](C)CC(=O)[C@H](CCCN=C(N)N)NC(=O)[C@@H](CC(=O)[C@H](CCC(N)=O)NC(=O)[C@H](CCC(N)=O)CC(=O)[C@H](CCCN=C(N)N)NC(=O)[C@@H](C)[C@@H](C)O)Cc1ccc(O)cc1)C(N)=O. The van der Waals surface area contributed by atoms with Crippen LogP contribution in [0.4, 0.5) is 0 Å². The van der Waals surface area contributed by atoms with Crippen molar-refractivity contribution in [2.75, 3.05) is 13.1 Å². The molecule has 81 heavy (non-hydrogen) atoms. The van der Waals surface area contributed by atoms with E-state index < -0.39 is 150 Å². The number of rotatable bonds is 42. The summed E-state index contributed by atoms with van der Waals surface area (Å²) in [5, 5.41) is 30.8. The van der Waals surface area contributed by atoms with Crippen LogP contribution in [0, 0.1) is 41.4 Å². The van der Waals surface area contributed by atoms with Crippen LogP contribution < -0.4 is 61.4 Å². The van der Waals surface area contributed by atoms with E-state index in [1.54, 1.807) is 0 Å². The van der Waals surface area contributed by atoms with Crippen LogP contribution in [0.2, 0.25) is 0 Å².